The summed E-state index contributed by atoms with van der Waals surface area (Å²) in [5, 5.41) is 11.6. The van der Waals surface area contributed by atoms with Crippen molar-refractivity contribution in [3.05, 3.63) is 54.1 Å². The number of benzene rings is 2. The Morgan fingerprint density at radius 1 is 0.952 bits per heavy atom. The zero-order valence-corrected chi connectivity index (χ0v) is 22.4. The Bertz CT molecular complexity index is 1160. The zero-order chi connectivity index (χ0) is 31.6. The van der Waals surface area contributed by atoms with Crippen molar-refractivity contribution in [2.75, 3.05) is 45.3 Å². The molecule has 0 aliphatic rings. The minimum Gasteiger partial charge on any atom is -0.497 e. The molecule has 42 heavy (non-hydrogen) atoms. The Labute approximate surface area is 236 Å². The lowest BCUT2D eigenvalue weighted by Gasteiger charge is -2.29. The molecule has 0 saturated heterocycles. The van der Waals surface area contributed by atoms with Crippen molar-refractivity contribution in [2.24, 2.45) is 0 Å². The van der Waals surface area contributed by atoms with Crippen LogP contribution in [0.5, 0.6) is 11.5 Å². The third kappa shape index (κ3) is 9.65. The summed E-state index contributed by atoms with van der Waals surface area (Å²) in [7, 11) is 1.37. The number of carboxylic acids is 1. The van der Waals surface area contributed by atoms with Gasteiger partial charge in [0.05, 0.1) is 20.3 Å². The molecule has 16 heteroatoms. The second-order valence-corrected chi connectivity index (χ2v) is 8.57. The molecule has 0 heterocycles. The maximum absolute atomic E-state index is 13.6. The molecule has 2 N–H and O–H groups in total. The highest BCUT2D eigenvalue weighted by atomic mass is 19.4. The van der Waals surface area contributed by atoms with E-state index >= 15 is 0 Å². The van der Waals surface area contributed by atoms with Crippen LogP contribution in [0.15, 0.2) is 48.5 Å². The Kier molecular flexibility index (Phi) is 12.2. The smallest absolute Gasteiger partial charge is 0.462 e. The summed E-state index contributed by atoms with van der Waals surface area (Å²) in [4.78, 5) is 24.9. The standard InChI is InChI=1S/C26H29F7N2O7/c1-3-40-21(22(36)37)15-17-7-9-19(10-8-17)41-13-11-35(23(38)34-18-5-4-6-20(16-18)39-2)12-14-42-26(32,33)24(27,28)25(29,30)31/h4-10,16,21H,3,11-15H2,1-2H3,(H,34,38)(H,36,37). The van der Waals surface area contributed by atoms with Gasteiger partial charge in [-0.1, -0.05) is 18.2 Å². The average molecular weight is 615 g/mol. The number of carboxylic acid groups (broad SMARTS) is 1. The number of nitrogens with one attached hydrogen (secondary N) is 1. The van der Waals surface area contributed by atoms with Gasteiger partial charge in [0.15, 0.2) is 6.10 Å². The van der Waals surface area contributed by atoms with E-state index in [9.17, 15) is 45.4 Å². The second-order valence-electron chi connectivity index (χ2n) is 8.57. The molecular weight excluding hydrogens is 585 g/mol. The summed E-state index contributed by atoms with van der Waals surface area (Å²) >= 11 is 0. The van der Waals surface area contributed by atoms with Gasteiger partial charge in [0.2, 0.25) is 0 Å². The number of ether oxygens (including phenoxy) is 4. The summed E-state index contributed by atoms with van der Waals surface area (Å²) < 4.78 is 110. The molecule has 0 radical (unpaired) electrons. The Morgan fingerprint density at radius 3 is 2.17 bits per heavy atom. The van der Waals surface area contributed by atoms with E-state index < -0.39 is 49.5 Å². The summed E-state index contributed by atoms with van der Waals surface area (Å²) in [6.07, 6.45) is -13.4. The minimum absolute atomic E-state index is 0.0830. The molecule has 234 valence electrons. The largest absolute Gasteiger partial charge is 0.497 e. The maximum Gasteiger partial charge on any atom is 0.462 e. The van der Waals surface area contributed by atoms with E-state index in [-0.39, 0.29) is 37.6 Å². The lowest BCUT2D eigenvalue weighted by Crippen LogP contribution is -2.54. The van der Waals surface area contributed by atoms with E-state index in [0.29, 0.717) is 11.3 Å². The predicted molar refractivity (Wildman–Crippen MR) is 134 cm³/mol. The molecule has 9 nitrogen and oxygen atoms in total. The van der Waals surface area contributed by atoms with E-state index in [2.05, 4.69) is 10.1 Å². The van der Waals surface area contributed by atoms with Gasteiger partial charge in [-0.15, -0.1) is 0 Å². The monoisotopic (exact) mass is 614 g/mol. The van der Waals surface area contributed by atoms with E-state index in [1.165, 1.54) is 37.4 Å². The van der Waals surface area contributed by atoms with Gasteiger partial charge in [-0.25, -0.2) is 9.59 Å². The average Bonchev–Trinajstić information content (AvgIpc) is 2.92. The van der Waals surface area contributed by atoms with Crippen LogP contribution in [0.4, 0.5) is 41.2 Å². The van der Waals surface area contributed by atoms with Crippen LogP contribution in [0.2, 0.25) is 0 Å². The molecule has 2 amide bonds. The Morgan fingerprint density at radius 2 is 1.60 bits per heavy atom. The molecule has 0 aliphatic heterocycles. The predicted octanol–water partition coefficient (Wildman–Crippen LogP) is 5.45. The lowest BCUT2D eigenvalue weighted by molar-refractivity contribution is -0.423. The summed E-state index contributed by atoms with van der Waals surface area (Å²) in [6, 6.07) is 11.2. The number of methoxy groups -OCH3 is 1. The first-order valence-corrected chi connectivity index (χ1v) is 12.3. The number of anilines is 1. The van der Waals surface area contributed by atoms with Crippen molar-refractivity contribution >= 4 is 17.7 Å². The van der Waals surface area contributed by atoms with Gasteiger partial charge in [-0.3, -0.25) is 0 Å². The van der Waals surface area contributed by atoms with Gasteiger partial charge in [-0.2, -0.15) is 30.7 Å². The van der Waals surface area contributed by atoms with E-state index in [4.69, 9.17) is 14.2 Å². The molecule has 0 aliphatic carbocycles. The van der Waals surface area contributed by atoms with Crippen LogP contribution in [0.1, 0.15) is 12.5 Å². The second kappa shape index (κ2) is 14.9. The van der Waals surface area contributed by atoms with Crippen LogP contribution < -0.4 is 14.8 Å². The number of carbonyl (C=O) groups excluding carboxylic acids is 1. The lowest BCUT2D eigenvalue weighted by atomic mass is 10.1. The number of halogens is 7. The highest BCUT2D eigenvalue weighted by Crippen LogP contribution is 2.46. The van der Waals surface area contributed by atoms with E-state index in [0.717, 1.165) is 4.90 Å². The van der Waals surface area contributed by atoms with E-state index in [1.54, 1.807) is 25.1 Å². The van der Waals surface area contributed by atoms with Crippen LogP contribution in [-0.4, -0.2) is 86.3 Å². The highest BCUT2D eigenvalue weighted by Gasteiger charge is 2.74. The van der Waals surface area contributed by atoms with Crippen molar-refractivity contribution in [3.8, 4) is 11.5 Å². The first kappa shape index (κ1) is 34.4. The van der Waals surface area contributed by atoms with Crippen LogP contribution in [0.3, 0.4) is 0 Å². The number of aliphatic carboxylic acids is 1. The van der Waals surface area contributed by atoms with Crippen molar-refractivity contribution < 1.29 is 64.4 Å². The van der Waals surface area contributed by atoms with Crippen LogP contribution in [0.25, 0.3) is 0 Å². The van der Waals surface area contributed by atoms with Gasteiger partial charge < -0.3 is 34.3 Å². The molecule has 0 spiro atoms. The SMILES string of the molecule is CCOC(Cc1ccc(OCCN(CCOC(F)(F)C(F)(F)C(F)(F)F)C(=O)Nc2cccc(OC)c2)cc1)C(=O)O. The fraction of sp³-hybridized carbons (Fsp3) is 0.462. The molecule has 0 saturated carbocycles. The van der Waals surface area contributed by atoms with Crippen molar-refractivity contribution in [2.45, 2.75) is 37.7 Å². The van der Waals surface area contributed by atoms with Gasteiger partial charge in [0, 0.05) is 31.3 Å². The Balaban J connectivity index is 2.06. The maximum atomic E-state index is 13.6. The summed E-state index contributed by atoms with van der Waals surface area (Å²) in [6.45, 7) is -0.903. The minimum atomic E-state index is -6.57. The van der Waals surface area contributed by atoms with Crippen LogP contribution in [0, 0.1) is 0 Å². The number of urea groups is 1. The van der Waals surface area contributed by atoms with Crippen molar-refractivity contribution in [1.29, 1.82) is 0 Å². The molecule has 0 aromatic heterocycles. The number of hydrogen-bond acceptors (Lipinski definition) is 6. The highest BCUT2D eigenvalue weighted by molar-refractivity contribution is 5.89. The van der Waals surface area contributed by atoms with Crippen molar-refractivity contribution in [1.82, 2.24) is 4.90 Å². The first-order valence-electron chi connectivity index (χ1n) is 12.3. The molecule has 0 fully saturated rings. The fourth-order valence-corrected chi connectivity index (χ4v) is 3.39. The Hall–Kier alpha value is -3.79. The van der Waals surface area contributed by atoms with Crippen LogP contribution in [-0.2, 0) is 20.7 Å². The molecule has 2 aromatic rings. The van der Waals surface area contributed by atoms with Crippen molar-refractivity contribution in [3.63, 3.8) is 0 Å². The topological polar surface area (TPSA) is 107 Å². The van der Waals surface area contributed by atoms with Gasteiger partial charge >= 0.3 is 30.2 Å². The number of alkyl halides is 7. The molecule has 0 bridgehead atoms. The van der Waals surface area contributed by atoms with Gasteiger partial charge in [0.1, 0.15) is 18.1 Å². The third-order valence-corrected chi connectivity index (χ3v) is 5.59. The number of hydrogen-bond donors (Lipinski definition) is 2. The fourth-order valence-electron chi connectivity index (χ4n) is 3.39. The first-order chi connectivity index (χ1) is 19.6. The molecular formula is C26H29F7N2O7. The normalized spacial score (nSPS) is 12.9. The number of nitrogens with zero attached hydrogens (tertiary/aromatic N) is 1. The molecule has 2 rings (SSSR count). The molecule has 1 unspecified atom stereocenters. The number of rotatable bonds is 16. The molecule has 2 aromatic carbocycles. The molecule has 1 atom stereocenters. The summed E-state index contributed by atoms with van der Waals surface area (Å²) in [5.74, 6) is -6.95. The van der Waals surface area contributed by atoms with Crippen LogP contribution >= 0.6 is 0 Å². The number of amides is 2. The number of carbonyl (C=O) groups is 2. The van der Waals surface area contributed by atoms with Gasteiger partial charge in [0.25, 0.3) is 0 Å². The van der Waals surface area contributed by atoms with Gasteiger partial charge in [-0.05, 0) is 36.8 Å². The van der Waals surface area contributed by atoms with E-state index in [1.807, 2.05) is 0 Å². The summed E-state index contributed by atoms with van der Waals surface area (Å²) in [5.41, 5.74) is 0.832. The zero-order valence-electron chi connectivity index (χ0n) is 22.4. The third-order valence-electron chi connectivity index (χ3n) is 5.59. The quantitative estimate of drug-likeness (QED) is 0.243.